The highest BCUT2D eigenvalue weighted by Crippen LogP contribution is 2.24. The summed E-state index contributed by atoms with van der Waals surface area (Å²) in [6.45, 7) is 9.57. The minimum atomic E-state index is -0.399. The van der Waals surface area contributed by atoms with Crippen LogP contribution < -0.4 is 0 Å². The molecule has 21 heavy (non-hydrogen) atoms. The van der Waals surface area contributed by atoms with E-state index in [1.54, 1.807) is 11.1 Å². The Kier molecular flexibility index (Phi) is 4.99. The number of nitrogens with zero attached hydrogens (tertiary/aromatic N) is 3. The summed E-state index contributed by atoms with van der Waals surface area (Å²) >= 11 is 1.46. The number of thioether (sulfide) groups is 1. The lowest BCUT2D eigenvalue weighted by atomic mass is 9.96. The molecule has 2 atom stereocenters. The zero-order valence-corrected chi connectivity index (χ0v) is 14.1. The zero-order chi connectivity index (χ0) is 15.6. The van der Waals surface area contributed by atoms with Gasteiger partial charge in [0.25, 0.3) is 0 Å². The summed E-state index contributed by atoms with van der Waals surface area (Å²) in [6, 6.07) is 0. The predicted molar refractivity (Wildman–Crippen MR) is 84.3 cm³/mol. The van der Waals surface area contributed by atoms with Gasteiger partial charge in [0.1, 0.15) is 0 Å². The van der Waals surface area contributed by atoms with Gasteiger partial charge in [-0.2, -0.15) is 0 Å². The minimum Gasteiger partial charge on any atom is -0.391 e. The third-order valence-corrected chi connectivity index (χ3v) is 4.88. The molecule has 1 aromatic heterocycles. The molecule has 1 aliphatic rings. The number of aliphatic hydroxyl groups excluding tert-OH is 1. The van der Waals surface area contributed by atoms with Gasteiger partial charge in [-0.3, -0.25) is 4.79 Å². The van der Waals surface area contributed by atoms with Crippen molar-refractivity contribution in [2.45, 2.75) is 50.9 Å². The maximum absolute atomic E-state index is 12.3. The molecule has 0 aliphatic carbocycles. The van der Waals surface area contributed by atoms with Gasteiger partial charge >= 0.3 is 0 Å². The molecule has 2 unspecified atom stereocenters. The number of amides is 1. The maximum Gasteiger partial charge on any atom is 0.233 e. The largest absolute Gasteiger partial charge is 0.391 e. The summed E-state index contributed by atoms with van der Waals surface area (Å²) in [5.41, 5.74) is -0.0430. The monoisotopic (exact) mass is 311 g/mol. The van der Waals surface area contributed by atoms with Gasteiger partial charge in [0, 0.05) is 31.0 Å². The van der Waals surface area contributed by atoms with E-state index in [4.69, 9.17) is 0 Å². The Morgan fingerprint density at radius 2 is 2.24 bits per heavy atom. The van der Waals surface area contributed by atoms with Crippen LogP contribution in [0, 0.1) is 5.92 Å². The third kappa shape index (κ3) is 4.01. The van der Waals surface area contributed by atoms with Crippen LogP contribution in [0.25, 0.3) is 0 Å². The van der Waals surface area contributed by atoms with Gasteiger partial charge in [-0.15, -0.1) is 0 Å². The summed E-state index contributed by atoms with van der Waals surface area (Å²) < 4.78 is 2.08. The molecule has 5 nitrogen and oxygen atoms in total. The number of imidazole rings is 1. The predicted octanol–water partition coefficient (Wildman–Crippen LogP) is 1.96. The molecule has 0 aromatic carbocycles. The van der Waals surface area contributed by atoms with Crippen molar-refractivity contribution in [3.05, 3.63) is 12.4 Å². The smallest absolute Gasteiger partial charge is 0.233 e. The Balaban J connectivity index is 1.92. The number of β-amino-alcohol motifs (C(OH)–C–C–N with tert-alkyl or cyclic N) is 1. The summed E-state index contributed by atoms with van der Waals surface area (Å²) in [5.74, 6) is 0.727. The highest BCUT2D eigenvalue weighted by Gasteiger charge is 2.27. The van der Waals surface area contributed by atoms with Crippen molar-refractivity contribution in [2.24, 2.45) is 5.92 Å². The molecule has 1 amide bonds. The van der Waals surface area contributed by atoms with Crippen molar-refractivity contribution in [1.29, 1.82) is 0 Å². The number of likely N-dealkylation sites (tertiary alicyclic amines) is 1. The highest BCUT2D eigenvalue weighted by atomic mass is 32.2. The fraction of sp³-hybridized carbons (Fsp3) is 0.733. The third-order valence-electron chi connectivity index (χ3n) is 3.93. The minimum absolute atomic E-state index is 0.0430. The Labute approximate surface area is 130 Å². The first-order valence-electron chi connectivity index (χ1n) is 7.41. The second-order valence-electron chi connectivity index (χ2n) is 6.71. The number of aromatic nitrogens is 2. The van der Waals surface area contributed by atoms with E-state index in [1.807, 2.05) is 13.1 Å². The molecule has 2 rings (SSSR count). The number of carbonyl (C=O) groups excluding carboxylic acids is 1. The van der Waals surface area contributed by atoms with Crippen molar-refractivity contribution < 1.29 is 9.90 Å². The first-order valence-corrected chi connectivity index (χ1v) is 8.40. The van der Waals surface area contributed by atoms with Crippen LogP contribution in [-0.2, 0) is 10.3 Å². The van der Waals surface area contributed by atoms with Crippen molar-refractivity contribution in [3.8, 4) is 0 Å². The summed E-state index contributed by atoms with van der Waals surface area (Å²) in [6.07, 6.45) is 4.18. The first kappa shape index (κ1) is 16.4. The van der Waals surface area contributed by atoms with Gasteiger partial charge in [-0.1, -0.05) is 18.7 Å². The van der Waals surface area contributed by atoms with E-state index in [9.17, 15) is 9.90 Å². The average molecular weight is 311 g/mol. The molecule has 0 bridgehead atoms. The van der Waals surface area contributed by atoms with Crippen molar-refractivity contribution in [2.75, 3.05) is 18.8 Å². The van der Waals surface area contributed by atoms with Gasteiger partial charge in [0.15, 0.2) is 5.16 Å². The van der Waals surface area contributed by atoms with E-state index in [2.05, 4.69) is 30.3 Å². The van der Waals surface area contributed by atoms with Crippen LogP contribution >= 0.6 is 11.8 Å². The quantitative estimate of drug-likeness (QED) is 0.867. The second-order valence-corrected chi connectivity index (χ2v) is 7.65. The molecular weight excluding hydrogens is 286 g/mol. The Morgan fingerprint density at radius 3 is 2.86 bits per heavy atom. The molecular formula is C15H25N3O2S. The van der Waals surface area contributed by atoms with Crippen LogP contribution in [0.5, 0.6) is 0 Å². The molecule has 0 spiro atoms. The Hall–Kier alpha value is -1.01. The lowest BCUT2D eigenvalue weighted by Gasteiger charge is -2.34. The van der Waals surface area contributed by atoms with Crippen molar-refractivity contribution in [1.82, 2.24) is 14.5 Å². The van der Waals surface area contributed by atoms with Gasteiger partial charge in [0.05, 0.1) is 11.9 Å². The van der Waals surface area contributed by atoms with Crippen LogP contribution in [0.4, 0.5) is 0 Å². The molecule has 1 aromatic rings. The van der Waals surface area contributed by atoms with Gasteiger partial charge in [0.2, 0.25) is 5.91 Å². The van der Waals surface area contributed by atoms with Crippen molar-refractivity contribution >= 4 is 17.7 Å². The molecule has 0 radical (unpaired) electrons. The Bertz CT molecular complexity index is 495. The van der Waals surface area contributed by atoms with E-state index in [-0.39, 0.29) is 17.4 Å². The van der Waals surface area contributed by atoms with Crippen molar-refractivity contribution in [3.63, 3.8) is 0 Å². The SMILES string of the molecule is CC1CCN(C(=O)CSc2nccn2C(C)(C)C)CC1O. The van der Waals surface area contributed by atoms with Crippen LogP contribution in [0.3, 0.4) is 0 Å². The number of hydrogen-bond donors (Lipinski definition) is 1. The van der Waals surface area contributed by atoms with E-state index < -0.39 is 6.10 Å². The number of carbonyl (C=O) groups is 1. The van der Waals surface area contributed by atoms with Crippen LogP contribution in [-0.4, -0.2) is 50.4 Å². The first-order chi connectivity index (χ1) is 9.79. The number of piperidine rings is 1. The molecule has 1 fully saturated rings. The van der Waals surface area contributed by atoms with Gasteiger partial charge in [-0.05, 0) is 33.1 Å². The molecule has 1 saturated heterocycles. The van der Waals surface area contributed by atoms with E-state index in [0.29, 0.717) is 12.3 Å². The Morgan fingerprint density at radius 1 is 1.52 bits per heavy atom. The topological polar surface area (TPSA) is 58.4 Å². The fourth-order valence-electron chi connectivity index (χ4n) is 2.40. The lowest BCUT2D eigenvalue weighted by Crippen LogP contribution is -2.46. The number of aliphatic hydroxyl groups is 1. The maximum atomic E-state index is 12.3. The van der Waals surface area contributed by atoms with Crippen LogP contribution in [0.15, 0.2) is 17.6 Å². The normalized spacial score (nSPS) is 23.4. The fourth-order valence-corrected chi connectivity index (χ4v) is 3.44. The number of hydrogen-bond acceptors (Lipinski definition) is 4. The number of rotatable bonds is 3. The van der Waals surface area contributed by atoms with Gasteiger partial charge < -0.3 is 14.6 Å². The summed E-state index contributed by atoms with van der Waals surface area (Å²) in [4.78, 5) is 18.4. The van der Waals surface area contributed by atoms with E-state index >= 15 is 0 Å². The molecule has 118 valence electrons. The molecule has 1 aliphatic heterocycles. The molecule has 0 saturated carbocycles. The summed E-state index contributed by atoms with van der Waals surface area (Å²) in [5, 5.41) is 10.7. The average Bonchev–Trinajstić information content (AvgIpc) is 2.87. The second kappa shape index (κ2) is 6.40. The molecule has 6 heteroatoms. The van der Waals surface area contributed by atoms with E-state index in [0.717, 1.165) is 18.1 Å². The standard InChI is InChI=1S/C15H25N3O2S/c1-11-5-7-17(9-12(11)19)13(20)10-21-14-16-6-8-18(14)15(2,3)4/h6,8,11-12,19H,5,7,9-10H2,1-4H3. The van der Waals surface area contributed by atoms with Gasteiger partial charge in [-0.25, -0.2) is 4.98 Å². The van der Waals surface area contributed by atoms with Crippen LogP contribution in [0.2, 0.25) is 0 Å². The van der Waals surface area contributed by atoms with Crippen LogP contribution in [0.1, 0.15) is 34.1 Å². The zero-order valence-electron chi connectivity index (χ0n) is 13.2. The summed E-state index contributed by atoms with van der Waals surface area (Å²) in [7, 11) is 0. The van der Waals surface area contributed by atoms with E-state index in [1.165, 1.54) is 11.8 Å². The molecule has 1 N–H and O–H groups in total. The lowest BCUT2D eigenvalue weighted by molar-refractivity contribution is -0.132. The molecule has 2 heterocycles. The highest BCUT2D eigenvalue weighted by molar-refractivity contribution is 7.99.